The molecule has 2 N–H and O–H groups in total. The Kier molecular flexibility index (Phi) is 3.10. The third kappa shape index (κ3) is 2.28. The number of nitrogens with zero attached hydrogens (tertiary/aromatic N) is 1. The third-order valence-electron chi connectivity index (χ3n) is 2.98. The molecule has 0 radical (unpaired) electrons. The summed E-state index contributed by atoms with van der Waals surface area (Å²) in [6.45, 7) is 1.74. The molecule has 18 heavy (non-hydrogen) atoms. The number of rotatable bonds is 5. The molecule has 4 nitrogen and oxygen atoms in total. The molecular weight excluding hydrogens is 226 g/mol. The first-order chi connectivity index (χ1) is 8.93. The summed E-state index contributed by atoms with van der Waals surface area (Å²) in [4.78, 5) is 7.45. The van der Waals surface area contributed by atoms with E-state index in [1.807, 2.05) is 24.4 Å². The van der Waals surface area contributed by atoms with Gasteiger partial charge in [-0.3, -0.25) is 0 Å². The van der Waals surface area contributed by atoms with Crippen LogP contribution in [-0.2, 0) is 13.0 Å². The number of aromatic nitrogens is 2. The standard InChI is InChI=1S/C14H15N3O/c1-4-13-11(10-17-14(13)16-6-1)9-15-7-5-12-3-2-8-18-12/h1-4,6,8,10,15H,5,7,9H2,(H,16,17). The van der Waals surface area contributed by atoms with E-state index in [0.717, 1.165) is 30.9 Å². The van der Waals surface area contributed by atoms with Gasteiger partial charge in [0.15, 0.2) is 0 Å². The van der Waals surface area contributed by atoms with Crippen molar-refractivity contribution >= 4 is 11.0 Å². The average Bonchev–Trinajstić information content (AvgIpc) is 3.04. The van der Waals surface area contributed by atoms with E-state index in [4.69, 9.17) is 4.42 Å². The van der Waals surface area contributed by atoms with Crippen molar-refractivity contribution in [1.29, 1.82) is 0 Å². The highest BCUT2D eigenvalue weighted by molar-refractivity contribution is 5.79. The van der Waals surface area contributed by atoms with Crippen molar-refractivity contribution in [2.24, 2.45) is 0 Å². The fraction of sp³-hybridized carbons (Fsp3) is 0.214. The molecule has 0 fully saturated rings. The van der Waals surface area contributed by atoms with Crippen LogP contribution in [0.3, 0.4) is 0 Å². The van der Waals surface area contributed by atoms with Crippen molar-refractivity contribution in [3.8, 4) is 0 Å². The van der Waals surface area contributed by atoms with E-state index < -0.39 is 0 Å². The molecular formula is C14H15N3O. The summed E-state index contributed by atoms with van der Waals surface area (Å²) in [7, 11) is 0. The van der Waals surface area contributed by atoms with Gasteiger partial charge in [-0.05, 0) is 29.8 Å². The van der Waals surface area contributed by atoms with Gasteiger partial charge in [-0.15, -0.1) is 0 Å². The number of hydrogen-bond donors (Lipinski definition) is 2. The van der Waals surface area contributed by atoms with Crippen molar-refractivity contribution in [3.05, 3.63) is 54.2 Å². The third-order valence-corrected chi connectivity index (χ3v) is 2.98. The minimum atomic E-state index is 0.840. The fourth-order valence-electron chi connectivity index (χ4n) is 2.05. The number of pyridine rings is 1. The van der Waals surface area contributed by atoms with Gasteiger partial charge in [-0.1, -0.05) is 0 Å². The summed E-state index contributed by atoms with van der Waals surface area (Å²) in [6.07, 6.45) is 6.43. The first-order valence-corrected chi connectivity index (χ1v) is 6.07. The fourth-order valence-corrected chi connectivity index (χ4v) is 2.05. The minimum Gasteiger partial charge on any atom is -0.469 e. The summed E-state index contributed by atoms with van der Waals surface area (Å²) in [5.41, 5.74) is 2.19. The molecule has 3 aromatic rings. The van der Waals surface area contributed by atoms with Crippen molar-refractivity contribution < 1.29 is 4.42 Å². The molecule has 0 amide bonds. The van der Waals surface area contributed by atoms with Gasteiger partial charge in [-0.25, -0.2) is 4.98 Å². The lowest BCUT2D eigenvalue weighted by molar-refractivity contribution is 0.499. The average molecular weight is 241 g/mol. The Morgan fingerprint density at radius 1 is 1.28 bits per heavy atom. The molecule has 0 unspecified atom stereocenters. The largest absolute Gasteiger partial charge is 0.469 e. The van der Waals surface area contributed by atoms with E-state index in [0.29, 0.717) is 0 Å². The summed E-state index contributed by atoms with van der Waals surface area (Å²) < 4.78 is 5.28. The van der Waals surface area contributed by atoms with Gasteiger partial charge in [0.25, 0.3) is 0 Å². The Hall–Kier alpha value is -2.07. The molecule has 0 spiro atoms. The quantitative estimate of drug-likeness (QED) is 0.675. The molecule has 3 heterocycles. The monoisotopic (exact) mass is 241 g/mol. The summed E-state index contributed by atoms with van der Waals surface area (Å²) >= 11 is 0. The molecule has 0 atom stereocenters. The van der Waals surface area contributed by atoms with Gasteiger partial charge >= 0.3 is 0 Å². The van der Waals surface area contributed by atoms with Gasteiger partial charge in [-0.2, -0.15) is 0 Å². The maximum Gasteiger partial charge on any atom is 0.137 e. The van der Waals surface area contributed by atoms with E-state index in [1.54, 1.807) is 12.5 Å². The van der Waals surface area contributed by atoms with Crippen LogP contribution in [-0.4, -0.2) is 16.5 Å². The SMILES string of the molecule is c1coc(CCNCc2c[nH]c3ncccc23)c1. The molecule has 0 aromatic carbocycles. The van der Waals surface area contributed by atoms with Crippen molar-refractivity contribution in [3.63, 3.8) is 0 Å². The second-order valence-corrected chi connectivity index (χ2v) is 4.22. The number of H-pyrrole nitrogens is 1. The molecule has 3 rings (SSSR count). The van der Waals surface area contributed by atoms with Crippen LogP contribution >= 0.6 is 0 Å². The first-order valence-electron chi connectivity index (χ1n) is 6.07. The van der Waals surface area contributed by atoms with Gasteiger partial charge in [0.05, 0.1) is 6.26 Å². The van der Waals surface area contributed by atoms with Crippen LogP contribution in [0.4, 0.5) is 0 Å². The number of furan rings is 1. The molecule has 0 aliphatic carbocycles. The smallest absolute Gasteiger partial charge is 0.137 e. The molecule has 0 aliphatic heterocycles. The molecule has 0 aliphatic rings. The Labute approximate surface area is 105 Å². The van der Waals surface area contributed by atoms with Crippen molar-refractivity contribution in [1.82, 2.24) is 15.3 Å². The first kappa shape index (κ1) is 11.0. The lowest BCUT2D eigenvalue weighted by atomic mass is 10.2. The molecule has 3 aromatic heterocycles. The second-order valence-electron chi connectivity index (χ2n) is 4.22. The topological polar surface area (TPSA) is 53.9 Å². The normalized spacial score (nSPS) is 11.1. The van der Waals surface area contributed by atoms with Crippen molar-refractivity contribution in [2.75, 3.05) is 6.54 Å². The Morgan fingerprint density at radius 2 is 2.28 bits per heavy atom. The summed E-state index contributed by atoms with van der Waals surface area (Å²) in [5.74, 6) is 1.02. The number of hydrogen-bond acceptors (Lipinski definition) is 3. The molecule has 0 saturated carbocycles. The van der Waals surface area contributed by atoms with Crippen LogP contribution in [0.2, 0.25) is 0 Å². The number of nitrogens with one attached hydrogen (secondary N) is 2. The van der Waals surface area contributed by atoms with Crippen LogP contribution in [0.15, 0.2) is 47.3 Å². The zero-order chi connectivity index (χ0) is 12.2. The van der Waals surface area contributed by atoms with E-state index in [1.165, 1.54) is 10.9 Å². The van der Waals surface area contributed by atoms with Crippen LogP contribution < -0.4 is 5.32 Å². The molecule has 4 heteroatoms. The summed E-state index contributed by atoms with van der Waals surface area (Å²) in [5, 5.41) is 4.59. The maximum absolute atomic E-state index is 5.28. The molecule has 92 valence electrons. The van der Waals surface area contributed by atoms with Crippen LogP contribution in [0.5, 0.6) is 0 Å². The van der Waals surface area contributed by atoms with Crippen LogP contribution in [0.1, 0.15) is 11.3 Å². The van der Waals surface area contributed by atoms with Crippen LogP contribution in [0, 0.1) is 0 Å². The highest BCUT2D eigenvalue weighted by Crippen LogP contribution is 2.14. The zero-order valence-corrected chi connectivity index (χ0v) is 10.0. The Morgan fingerprint density at radius 3 is 3.17 bits per heavy atom. The summed E-state index contributed by atoms with van der Waals surface area (Å²) in [6, 6.07) is 7.96. The molecule has 0 saturated heterocycles. The van der Waals surface area contributed by atoms with E-state index in [2.05, 4.69) is 21.4 Å². The highest BCUT2D eigenvalue weighted by Gasteiger charge is 2.03. The highest BCUT2D eigenvalue weighted by atomic mass is 16.3. The zero-order valence-electron chi connectivity index (χ0n) is 10.0. The van der Waals surface area contributed by atoms with E-state index in [9.17, 15) is 0 Å². The van der Waals surface area contributed by atoms with Crippen LogP contribution in [0.25, 0.3) is 11.0 Å². The van der Waals surface area contributed by atoms with E-state index >= 15 is 0 Å². The van der Waals surface area contributed by atoms with Gasteiger partial charge in [0.1, 0.15) is 11.4 Å². The predicted molar refractivity (Wildman–Crippen MR) is 70.2 cm³/mol. The van der Waals surface area contributed by atoms with E-state index in [-0.39, 0.29) is 0 Å². The van der Waals surface area contributed by atoms with Gasteiger partial charge < -0.3 is 14.7 Å². The number of aromatic amines is 1. The minimum absolute atomic E-state index is 0.840. The second kappa shape index (κ2) is 5.06. The maximum atomic E-state index is 5.28. The molecule has 0 bridgehead atoms. The predicted octanol–water partition coefficient (Wildman–Crippen LogP) is 2.49. The van der Waals surface area contributed by atoms with Gasteiger partial charge in [0.2, 0.25) is 0 Å². The lowest BCUT2D eigenvalue weighted by Gasteiger charge is -2.02. The van der Waals surface area contributed by atoms with Crippen molar-refractivity contribution in [2.45, 2.75) is 13.0 Å². The van der Waals surface area contributed by atoms with Gasteiger partial charge in [0, 0.05) is 37.3 Å². The lowest BCUT2D eigenvalue weighted by Crippen LogP contribution is -2.16. The Balaban J connectivity index is 1.57. The Bertz CT molecular complexity index is 613. The number of fused-ring (bicyclic) bond motifs is 1.